The number of rotatable bonds is 7. The molecular weight excluding hydrogens is 412 g/mol. The molecule has 0 aromatic heterocycles. The summed E-state index contributed by atoms with van der Waals surface area (Å²) in [6.07, 6.45) is 1.87. The Kier molecular flexibility index (Phi) is 6.03. The average molecular weight is 445 g/mol. The number of benzene rings is 1. The zero-order valence-electron chi connectivity index (χ0n) is 19.3. The smallest absolute Gasteiger partial charge is 0.325 e. The van der Waals surface area contributed by atoms with E-state index in [-0.39, 0.29) is 24.3 Å². The van der Waals surface area contributed by atoms with Gasteiger partial charge in [-0.2, -0.15) is 0 Å². The number of nitrogens with one attached hydrogen (secondary N) is 1. The lowest BCUT2D eigenvalue weighted by Gasteiger charge is -2.35. The predicted octanol–water partition coefficient (Wildman–Crippen LogP) is 1.38. The molecule has 32 heavy (non-hydrogen) atoms. The van der Waals surface area contributed by atoms with E-state index in [0.717, 1.165) is 48.5 Å². The van der Waals surface area contributed by atoms with E-state index in [2.05, 4.69) is 10.2 Å². The molecule has 0 radical (unpaired) electrons. The van der Waals surface area contributed by atoms with Gasteiger partial charge in [0.15, 0.2) is 11.5 Å². The third-order valence-electron chi connectivity index (χ3n) is 6.95. The molecule has 1 atom stereocenters. The second-order valence-corrected chi connectivity index (χ2v) is 9.09. The number of carbonyl (C=O) groups excluding carboxylic acids is 3. The van der Waals surface area contributed by atoms with Crippen molar-refractivity contribution in [2.45, 2.75) is 38.8 Å². The van der Waals surface area contributed by atoms with Crippen LogP contribution in [-0.2, 0) is 16.1 Å². The second-order valence-electron chi connectivity index (χ2n) is 9.09. The number of urea groups is 1. The Morgan fingerprint density at radius 3 is 2.31 bits per heavy atom. The Morgan fingerprint density at radius 1 is 1.09 bits per heavy atom. The maximum Gasteiger partial charge on any atom is 0.325 e. The number of nitrogens with zero attached hydrogens (tertiary/aromatic N) is 3. The van der Waals surface area contributed by atoms with Crippen LogP contribution in [0.25, 0.3) is 0 Å². The Balaban J connectivity index is 1.32. The Labute approximate surface area is 188 Å². The summed E-state index contributed by atoms with van der Waals surface area (Å²) >= 11 is 0. The van der Waals surface area contributed by atoms with E-state index in [9.17, 15) is 14.4 Å². The largest absolute Gasteiger partial charge is 0.493 e. The molecule has 1 aromatic rings. The molecule has 1 aliphatic carbocycles. The molecule has 3 aliphatic rings. The van der Waals surface area contributed by atoms with E-state index in [1.165, 1.54) is 0 Å². The lowest BCUT2D eigenvalue weighted by molar-refractivity contribution is -0.140. The number of hydrogen-bond donors (Lipinski definition) is 1. The highest BCUT2D eigenvalue weighted by molar-refractivity contribution is 6.09. The quantitative estimate of drug-likeness (QED) is 0.639. The summed E-state index contributed by atoms with van der Waals surface area (Å²) in [7, 11) is 3.25. The van der Waals surface area contributed by atoms with Crippen LogP contribution in [0.1, 0.15) is 30.9 Å². The highest BCUT2D eigenvalue weighted by atomic mass is 16.5. The van der Waals surface area contributed by atoms with Gasteiger partial charge in [-0.3, -0.25) is 19.4 Å². The van der Waals surface area contributed by atoms with Gasteiger partial charge in [0.25, 0.3) is 5.91 Å². The van der Waals surface area contributed by atoms with Crippen molar-refractivity contribution in [3.05, 3.63) is 23.3 Å². The normalized spacial score (nSPS) is 24.0. The molecule has 4 amide bonds. The first-order chi connectivity index (χ1) is 15.3. The van der Waals surface area contributed by atoms with Gasteiger partial charge >= 0.3 is 6.03 Å². The van der Waals surface area contributed by atoms with Crippen LogP contribution in [0, 0.1) is 12.8 Å². The molecule has 1 N–H and O–H groups in total. The van der Waals surface area contributed by atoms with Crippen molar-refractivity contribution < 1.29 is 23.9 Å². The van der Waals surface area contributed by atoms with Gasteiger partial charge in [0.2, 0.25) is 5.91 Å². The topological polar surface area (TPSA) is 91.4 Å². The second kappa shape index (κ2) is 8.61. The van der Waals surface area contributed by atoms with E-state index in [1.54, 1.807) is 26.0 Å². The fourth-order valence-electron chi connectivity index (χ4n) is 4.62. The van der Waals surface area contributed by atoms with Gasteiger partial charge < -0.3 is 19.7 Å². The van der Waals surface area contributed by atoms with E-state index >= 15 is 0 Å². The summed E-state index contributed by atoms with van der Waals surface area (Å²) in [5.41, 5.74) is 1.42. The van der Waals surface area contributed by atoms with Crippen LogP contribution < -0.4 is 14.8 Å². The zero-order chi connectivity index (χ0) is 23.0. The van der Waals surface area contributed by atoms with Crippen molar-refractivity contribution >= 4 is 17.8 Å². The van der Waals surface area contributed by atoms with Gasteiger partial charge in [-0.05, 0) is 55.9 Å². The Morgan fingerprint density at radius 2 is 1.72 bits per heavy atom. The van der Waals surface area contributed by atoms with Crippen LogP contribution in [0.15, 0.2) is 12.1 Å². The number of ether oxygens (including phenoxy) is 2. The summed E-state index contributed by atoms with van der Waals surface area (Å²) in [5, 5.41) is 2.80. The summed E-state index contributed by atoms with van der Waals surface area (Å²) in [4.78, 5) is 43.0. The molecule has 1 aromatic carbocycles. The maximum absolute atomic E-state index is 12.8. The van der Waals surface area contributed by atoms with Crippen molar-refractivity contribution in [1.82, 2.24) is 20.0 Å². The van der Waals surface area contributed by atoms with Crippen LogP contribution in [0.4, 0.5) is 4.79 Å². The summed E-state index contributed by atoms with van der Waals surface area (Å²) in [5.74, 6) is 1.13. The van der Waals surface area contributed by atoms with Crippen LogP contribution >= 0.6 is 0 Å². The molecule has 3 fully saturated rings. The zero-order valence-corrected chi connectivity index (χ0v) is 19.3. The molecule has 0 spiro atoms. The first kappa shape index (κ1) is 22.4. The minimum absolute atomic E-state index is 0.183. The van der Waals surface area contributed by atoms with E-state index in [1.807, 2.05) is 19.1 Å². The highest BCUT2D eigenvalue weighted by Crippen LogP contribution is 2.42. The van der Waals surface area contributed by atoms with Gasteiger partial charge in [0, 0.05) is 32.7 Å². The molecule has 9 heteroatoms. The molecular formula is C23H32N4O5. The SMILES string of the molecule is COc1cc(C)c(CN2CCN(C(=O)CN3C(=O)N[C@](C)(C4CC4)C3=O)CC2)cc1OC. The van der Waals surface area contributed by atoms with Crippen molar-refractivity contribution in [3.8, 4) is 11.5 Å². The number of imide groups is 1. The van der Waals surface area contributed by atoms with Crippen molar-refractivity contribution in [2.75, 3.05) is 46.9 Å². The molecule has 4 rings (SSSR count). The summed E-state index contributed by atoms with van der Waals surface area (Å²) < 4.78 is 10.8. The van der Waals surface area contributed by atoms with Gasteiger partial charge in [0.05, 0.1) is 14.2 Å². The van der Waals surface area contributed by atoms with E-state index in [4.69, 9.17) is 9.47 Å². The molecule has 2 aliphatic heterocycles. The van der Waals surface area contributed by atoms with E-state index < -0.39 is 11.6 Å². The van der Waals surface area contributed by atoms with Crippen molar-refractivity contribution in [3.63, 3.8) is 0 Å². The molecule has 1 saturated carbocycles. The fraction of sp³-hybridized carbons (Fsp3) is 0.609. The third-order valence-corrected chi connectivity index (χ3v) is 6.95. The molecule has 0 unspecified atom stereocenters. The molecule has 0 bridgehead atoms. The summed E-state index contributed by atoms with van der Waals surface area (Å²) in [6, 6.07) is 3.52. The number of piperazine rings is 1. The standard InChI is InChI=1S/C23H32N4O5/c1-15-11-18(31-3)19(32-4)12-16(15)13-25-7-9-26(10-8-25)20(28)14-27-21(29)23(2,17-5-6-17)24-22(27)30/h11-12,17H,5-10,13-14H2,1-4H3,(H,24,30)/t23-/m1/s1. The van der Waals surface area contributed by atoms with Gasteiger partial charge in [-0.15, -0.1) is 0 Å². The first-order valence-electron chi connectivity index (χ1n) is 11.1. The summed E-state index contributed by atoms with van der Waals surface area (Å²) in [6.45, 7) is 6.94. The molecule has 9 nitrogen and oxygen atoms in total. The molecule has 174 valence electrons. The number of carbonyl (C=O) groups is 3. The molecule has 2 heterocycles. The lowest BCUT2D eigenvalue weighted by Crippen LogP contribution is -2.52. The fourth-order valence-corrected chi connectivity index (χ4v) is 4.62. The maximum atomic E-state index is 12.8. The first-order valence-corrected chi connectivity index (χ1v) is 11.1. The number of hydrogen-bond acceptors (Lipinski definition) is 6. The van der Waals surface area contributed by atoms with Crippen LogP contribution in [0.3, 0.4) is 0 Å². The third kappa shape index (κ3) is 4.13. The number of amides is 4. The highest BCUT2D eigenvalue weighted by Gasteiger charge is 2.56. The minimum Gasteiger partial charge on any atom is -0.493 e. The monoisotopic (exact) mass is 444 g/mol. The van der Waals surface area contributed by atoms with Crippen LogP contribution in [0.5, 0.6) is 11.5 Å². The average Bonchev–Trinajstić information content (AvgIpc) is 3.61. The Bertz CT molecular complexity index is 923. The Hall–Kier alpha value is -2.81. The van der Waals surface area contributed by atoms with Gasteiger partial charge in [0.1, 0.15) is 12.1 Å². The van der Waals surface area contributed by atoms with Crippen LogP contribution in [-0.4, -0.2) is 85.0 Å². The number of aryl methyl sites for hydroxylation is 1. The predicted molar refractivity (Wildman–Crippen MR) is 118 cm³/mol. The van der Waals surface area contributed by atoms with Crippen molar-refractivity contribution in [1.29, 1.82) is 0 Å². The number of methoxy groups -OCH3 is 2. The minimum atomic E-state index is -0.854. The van der Waals surface area contributed by atoms with E-state index in [0.29, 0.717) is 24.6 Å². The van der Waals surface area contributed by atoms with Crippen molar-refractivity contribution in [2.24, 2.45) is 5.92 Å². The lowest BCUT2D eigenvalue weighted by atomic mass is 9.96. The molecule has 2 saturated heterocycles. The van der Waals surface area contributed by atoms with Crippen LogP contribution in [0.2, 0.25) is 0 Å². The van der Waals surface area contributed by atoms with Gasteiger partial charge in [-0.25, -0.2) is 4.79 Å². The van der Waals surface area contributed by atoms with Gasteiger partial charge in [-0.1, -0.05) is 0 Å².